The third-order valence-electron chi connectivity index (χ3n) is 7.12. The molecule has 6 nitrogen and oxygen atoms in total. The fourth-order valence-corrected chi connectivity index (χ4v) is 5.07. The molecule has 0 spiro atoms. The SMILES string of the molecule is CC(C)(C)c1ccc(N(C(=O)C2CC(F)(F)CN2)C(C(=O)NC2CCCCC2)c2cccnc2)cc1. The summed E-state index contributed by atoms with van der Waals surface area (Å²) in [4.78, 5) is 33.2. The number of amides is 2. The van der Waals surface area contributed by atoms with E-state index in [9.17, 15) is 18.4 Å². The van der Waals surface area contributed by atoms with E-state index >= 15 is 0 Å². The zero-order valence-corrected chi connectivity index (χ0v) is 21.3. The molecule has 2 aromatic rings. The highest BCUT2D eigenvalue weighted by Gasteiger charge is 2.46. The summed E-state index contributed by atoms with van der Waals surface area (Å²) >= 11 is 0. The molecule has 2 unspecified atom stereocenters. The average Bonchev–Trinajstić information content (AvgIpc) is 3.22. The molecule has 1 aliphatic carbocycles. The van der Waals surface area contributed by atoms with Gasteiger partial charge in [0.1, 0.15) is 6.04 Å². The summed E-state index contributed by atoms with van der Waals surface area (Å²) in [5.41, 5.74) is 1.97. The van der Waals surface area contributed by atoms with Crippen LogP contribution >= 0.6 is 0 Å². The predicted octanol–water partition coefficient (Wildman–Crippen LogP) is 4.90. The predicted molar refractivity (Wildman–Crippen MR) is 136 cm³/mol. The summed E-state index contributed by atoms with van der Waals surface area (Å²) < 4.78 is 28.1. The molecule has 2 aliphatic rings. The van der Waals surface area contributed by atoms with Crippen molar-refractivity contribution in [3.05, 3.63) is 59.9 Å². The summed E-state index contributed by atoms with van der Waals surface area (Å²) in [5.74, 6) is -3.85. The van der Waals surface area contributed by atoms with E-state index < -0.39 is 36.9 Å². The Morgan fingerprint density at radius 1 is 1.11 bits per heavy atom. The fourth-order valence-electron chi connectivity index (χ4n) is 5.07. The molecular formula is C28H36F2N4O2. The molecular weight excluding hydrogens is 462 g/mol. The summed E-state index contributed by atoms with van der Waals surface area (Å²) in [7, 11) is 0. The maximum Gasteiger partial charge on any atom is 0.262 e. The summed E-state index contributed by atoms with van der Waals surface area (Å²) in [6, 6.07) is 8.79. The third-order valence-corrected chi connectivity index (χ3v) is 7.12. The van der Waals surface area contributed by atoms with Gasteiger partial charge in [0, 0.05) is 36.1 Å². The molecule has 194 valence electrons. The van der Waals surface area contributed by atoms with Gasteiger partial charge in [-0.3, -0.25) is 24.8 Å². The Kier molecular flexibility index (Phi) is 7.73. The van der Waals surface area contributed by atoms with Gasteiger partial charge in [0.25, 0.3) is 5.92 Å². The molecule has 2 atom stereocenters. The summed E-state index contributed by atoms with van der Waals surface area (Å²) in [6.45, 7) is 5.70. The van der Waals surface area contributed by atoms with Crippen molar-refractivity contribution < 1.29 is 18.4 Å². The number of hydrogen-bond acceptors (Lipinski definition) is 4. The van der Waals surface area contributed by atoms with Gasteiger partial charge in [-0.25, -0.2) is 8.78 Å². The van der Waals surface area contributed by atoms with Gasteiger partial charge >= 0.3 is 0 Å². The van der Waals surface area contributed by atoms with Crippen LogP contribution in [0.3, 0.4) is 0 Å². The van der Waals surface area contributed by atoms with Crippen LogP contribution in [0.25, 0.3) is 0 Å². The van der Waals surface area contributed by atoms with Gasteiger partial charge in [-0.1, -0.05) is 58.2 Å². The molecule has 36 heavy (non-hydrogen) atoms. The lowest BCUT2D eigenvalue weighted by molar-refractivity contribution is -0.128. The molecule has 1 aromatic carbocycles. The Balaban J connectivity index is 1.75. The molecule has 2 heterocycles. The number of carbonyl (C=O) groups is 2. The molecule has 1 saturated heterocycles. The number of hydrogen-bond donors (Lipinski definition) is 2. The summed E-state index contributed by atoms with van der Waals surface area (Å²) in [6.07, 6.45) is 7.55. The molecule has 1 saturated carbocycles. The first kappa shape index (κ1) is 26.2. The molecule has 2 fully saturated rings. The maximum atomic E-state index is 14.1. The lowest BCUT2D eigenvalue weighted by Crippen LogP contribution is -2.51. The first-order valence-corrected chi connectivity index (χ1v) is 12.8. The van der Waals surface area contributed by atoms with Crippen molar-refractivity contribution in [2.45, 2.75) is 88.8 Å². The Morgan fingerprint density at radius 3 is 2.36 bits per heavy atom. The van der Waals surface area contributed by atoms with E-state index in [1.807, 2.05) is 12.1 Å². The Hall–Kier alpha value is -2.87. The number of anilines is 1. The average molecular weight is 499 g/mol. The summed E-state index contributed by atoms with van der Waals surface area (Å²) in [5, 5.41) is 5.81. The van der Waals surface area contributed by atoms with Gasteiger partial charge in [0.2, 0.25) is 11.8 Å². The number of nitrogens with zero attached hydrogens (tertiary/aromatic N) is 2. The second kappa shape index (κ2) is 10.6. The Morgan fingerprint density at radius 2 is 1.81 bits per heavy atom. The number of carbonyl (C=O) groups excluding carboxylic acids is 2. The van der Waals surface area contributed by atoms with Crippen LogP contribution in [0.4, 0.5) is 14.5 Å². The first-order valence-electron chi connectivity index (χ1n) is 12.8. The highest BCUT2D eigenvalue weighted by molar-refractivity contribution is 6.04. The van der Waals surface area contributed by atoms with Crippen LogP contribution in [0.15, 0.2) is 48.8 Å². The largest absolute Gasteiger partial charge is 0.351 e. The monoisotopic (exact) mass is 498 g/mol. The van der Waals surface area contributed by atoms with E-state index in [4.69, 9.17) is 0 Å². The number of benzene rings is 1. The van der Waals surface area contributed by atoms with Crippen molar-refractivity contribution in [1.29, 1.82) is 0 Å². The van der Waals surface area contributed by atoms with Crippen LogP contribution in [-0.4, -0.2) is 41.3 Å². The van der Waals surface area contributed by atoms with Gasteiger partial charge in [-0.15, -0.1) is 0 Å². The van der Waals surface area contributed by atoms with Gasteiger partial charge in [-0.2, -0.15) is 0 Å². The van der Waals surface area contributed by atoms with E-state index in [2.05, 4.69) is 36.4 Å². The first-order chi connectivity index (χ1) is 17.0. The zero-order chi connectivity index (χ0) is 25.9. The molecule has 8 heteroatoms. The number of alkyl halides is 2. The topological polar surface area (TPSA) is 74.3 Å². The standard InChI is InChI=1S/C28H36F2N4O2/c1-27(2,3)20-11-13-22(14-12-20)34(26(36)23-16-28(29,30)18-32-23)24(19-8-7-15-31-17-19)25(35)33-21-9-5-4-6-10-21/h7-8,11-15,17,21,23-24,32H,4-6,9-10,16,18H2,1-3H3,(H,33,35). The third kappa shape index (κ3) is 6.09. The number of halogens is 2. The zero-order valence-electron chi connectivity index (χ0n) is 21.3. The van der Waals surface area contributed by atoms with Gasteiger partial charge in [0.05, 0.1) is 12.6 Å². The Bertz CT molecular complexity index is 1050. The molecule has 4 rings (SSSR count). The van der Waals surface area contributed by atoms with Crippen LogP contribution in [0.2, 0.25) is 0 Å². The normalized spacial score (nSPS) is 21.1. The quantitative estimate of drug-likeness (QED) is 0.594. The molecule has 0 radical (unpaired) electrons. The van der Waals surface area contributed by atoms with Crippen LogP contribution in [-0.2, 0) is 15.0 Å². The van der Waals surface area contributed by atoms with Crippen molar-refractivity contribution in [2.24, 2.45) is 0 Å². The smallest absolute Gasteiger partial charge is 0.262 e. The second-order valence-corrected chi connectivity index (χ2v) is 11.0. The van der Waals surface area contributed by atoms with E-state index in [0.717, 1.165) is 37.7 Å². The van der Waals surface area contributed by atoms with Crippen LogP contribution in [0, 0.1) is 0 Å². The minimum Gasteiger partial charge on any atom is -0.351 e. The molecule has 2 amide bonds. The van der Waals surface area contributed by atoms with Crippen LogP contribution in [0.1, 0.15) is 76.5 Å². The maximum absolute atomic E-state index is 14.1. The minimum atomic E-state index is -2.98. The van der Waals surface area contributed by atoms with E-state index in [1.54, 1.807) is 36.7 Å². The van der Waals surface area contributed by atoms with E-state index in [-0.39, 0.29) is 17.4 Å². The molecule has 1 aliphatic heterocycles. The van der Waals surface area contributed by atoms with E-state index in [0.29, 0.717) is 11.3 Å². The molecule has 1 aromatic heterocycles. The highest BCUT2D eigenvalue weighted by atomic mass is 19.3. The molecule has 0 bridgehead atoms. The number of pyridine rings is 1. The highest BCUT2D eigenvalue weighted by Crippen LogP contribution is 2.34. The van der Waals surface area contributed by atoms with Crippen molar-refractivity contribution in [1.82, 2.24) is 15.6 Å². The number of nitrogens with one attached hydrogen (secondary N) is 2. The van der Waals surface area contributed by atoms with Gasteiger partial charge < -0.3 is 5.32 Å². The lowest BCUT2D eigenvalue weighted by Gasteiger charge is -2.35. The lowest BCUT2D eigenvalue weighted by atomic mass is 9.87. The van der Waals surface area contributed by atoms with Crippen molar-refractivity contribution in [3.63, 3.8) is 0 Å². The van der Waals surface area contributed by atoms with Crippen LogP contribution < -0.4 is 15.5 Å². The second-order valence-electron chi connectivity index (χ2n) is 11.0. The minimum absolute atomic E-state index is 0.0274. The molecule has 2 N–H and O–H groups in total. The van der Waals surface area contributed by atoms with Gasteiger partial charge in [-0.05, 0) is 42.0 Å². The fraction of sp³-hybridized carbons (Fsp3) is 0.536. The number of rotatable bonds is 6. The van der Waals surface area contributed by atoms with E-state index in [1.165, 1.54) is 4.90 Å². The van der Waals surface area contributed by atoms with Gasteiger partial charge in [0.15, 0.2) is 0 Å². The van der Waals surface area contributed by atoms with Crippen molar-refractivity contribution in [3.8, 4) is 0 Å². The van der Waals surface area contributed by atoms with Crippen LogP contribution in [0.5, 0.6) is 0 Å². The number of aromatic nitrogens is 1. The Labute approximate surface area is 211 Å². The van der Waals surface area contributed by atoms with Crippen molar-refractivity contribution >= 4 is 17.5 Å². The van der Waals surface area contributed by atoms with Crippen molar-refractivity contribution in [2.75, 3.05) is 11.4 Å².